The lowest BCUT2D eigenvalue weighted by Gasteiger charge is -2.32. The van der Waals surface area contributed by atoms with Crippen molar-refractivity contribution in [2.45, 2.75) is 38.2 Å². The van der Waals surface area contributed by atoms with Crippen LogP contribution in [0.3, 0.4) is 0 Å². The molecule has 1 aliphatic carbocycles. The number of amides is 1. The highest BCUT2D eigenvalue weighted by Gasteiger charge is 2.43. The number of carboxylic acids is 1. The van der Waals surface area contributed by atoms with Crippen LogP contribution in [0, 0.1) is 0 Å². The average Bonchev–Trinajstić information content (AvgIpc) is 3.02. The molecule has 1 aromatic rings. The van der Waals surface area contributed by atoms with Gasteiger partial charge in [0.2, 0.25) is 0 Å². The second-order valence-electron chi connectivity index (χ2n) is 5.67. The van der Waals surface area contributed by atoms with Crippen LogP contribution in [0.25, 0.3) is 0 Å². The molecule has 0 atom stereocenters. The molecule has 0 spiro atoms. The van der Waals surface area contributed by atoms with Crippen LogP contribution in [0.4, 0.5) is 5.69 Å². The molecular formula is C17H23NO5. The summed E-state index contributed by atoms with van der Waals surface area (Å²) < 4.78 is 10.9. The Labute approximate surface area is 136 Å². The molecule has 0 bridgehead atoms. The number of hydrogen-bond acceptors (Lipinski definition) is 4. The summed E-state index contributed by atoms with van der Waals surface area (Å²) in [4.78, 5) is 24.9. The normalized spacial score (nSPS) is 16.1. The van der Waals surface area contributed by atoms with Crippen LogP contribution < -0.4 is 9.64 Å². The van der Waals surface area contributed by atoms with Gasteiger partial charge in [0.25, 0.3) is 5.91 Å². The van der Waals surface area contributed by atoms with Crippen LogP contribution in [-0.2, 0) is 14.3 Å². The van der Waals surface area contributed by atoms with E-state index in [4.69, 9.17) is 14.6 Å². The fourth-order valence-electron chi connectivity index (χ4n) is 2.98. The van der Waals surface area contributed by atoms with Gasteiger partial charge in [0, 0.05) is 19.3 Å². The lowest BCUT2D eigenvalue weighted by Crippen LogP contribution is -2.48. The largest absolute Gasteiger partial charge is 0.482 e. The Morgan fingerprint density at radius 1 is 1.22 bits per heavy atom. The fraction of sp³-hybridized carbons (Fsp3) is 0.529. The first-order chi connectivity index (χ1) is 11.0. The second-order valence-corrected chi connectivity index (χ2v) is 5.67. The highest BCUT2D eigenvalue weighted by Crippen LogP contribution is 2.36. The zero-order valence-corrected chi connectivity index (χ0v) is 13.6. The third-order valence-electron chi connectivity index (χ3n) is 4.11. The molecule has 0 saturated heterocycles. The van der Waals surface area contributed by atoms with Gasteiger partial charge in [-0.25, -0.2) is 4.79 Å². The molecule has 0 unspecified atom stereocenters. The van der Waals surface area contributed by atoms with E-state index in [1.807, 2.05) is 6.92 Å². The summed E-state index contributed by atoms with van der Waals surface area (Å²) in [6, 6.07) is 6.79. The summed E-state index contributed by atoms with van der Waals surface area (Å²) in [5, 5.41) is 8.60. The highest BCUT2D eigenvalue weighted by atomic mass is 16.5. The molecule has 0 radical (unpaired) electrons. The number of carboxylic acid groups (broad SMARTS) is 1. The lowest BCUT2D eigenvalue weighted by molar-refractivity contribution is -0.142. The van der Waals surface area contributed by atoms with Crippen molar-refractivity contribution < 1.29 is 24.2 Å². The van der Waals surface area contributed by atoms with Gasteiger partial charge in [0.05, 0.1) is 0 Å². The number of likely N-dealkylation sites (N-methyl/N-ethyl adjacent to an activating group) is 1. The summed E-state index contributed by atoms with van der Waals surface area (Å²) >= 11 is 0. The van der Waals surface area contributed by atoms with Crippen molar-refractivity contribution in [3.63, 3.8) is 0 Å². The van der Waals surface area contributed by atoms with E-state index < -0.39 is 11.6 Å². The summed E-state index contributed by atoms with van der Waals surface area (Å²) in [7, 11) is 1.73. The zero-order valence-electron chi connectivity index (χ0n) is 13.6. The molecule has 1 aliphatic rings. The Morgan fingerprint density at radius 2 is 1.83 bits per heavy atom. The third kappa shape index (κ3) is 4.01. The molecule has 1 fully saturated rings. The van der Waals surface area contributed by atoms with Gasteiger partial charge in [0.15, 0.2) is 6.61 Å². The van der Waals surface area contributed by atoms with Crippen LogP contribution in [-0.4, -0.2) is 42.8 Å². The zero-order chi connectivity index (χ0) is 16.9. The van der Waals surface area contributed by atoms with E-state index in [0.717, 1.165) is 31.4 Å². The second kappa shape index (κ2) is 7.46. The molecule has 0 aromatic heterocycles. The summed E-state index contributed by atoms with van der Waals surface area (Å²) in [5.41, 5.74) is 0.0192. The molecule has 126 valence electrons. The quantitative estimate of drug-likeness (QED) is 0.835. The van der Waals surface area contributed by atoms with Crippen LogP contribution >= 0.6 is 0 Å². The summed E-state index contributed by atoms with van der Waals surface area (Å²) in [5.74, 6) is -0.602. The molecule has 0 heterocycles. The van der Waals surface area contributed by atoms with E-state index in [9.17, 15) is 9.59 Å². The van der Waals surface area contributed by atoms with Gasteiger partial charge in [-0.05, 0) is 56.9 Å². The van der Waals surface area contributed by atoms with Crippen LogP contribution in [0.15, 0.2) is 24.3 Å². The van der Waals surface area contributed by atoms with Crippen molar-refractivity contribution >= 4 is 17.6 Å². The number of hydrogen-bond donors (Lipinski definition) is 1. The van der Waals surface area contributed by atoms with Gasteiger partial charge in [-0.3, -0.25) is 4.79 Å². The smallest absolute Gasteiger partial charge is 0.341 e. The van der Waals surface area contributed by atoms with Crippen LogP contribution in [0.2, 0.25) is 0 Å². The predicted molar refractivity (Wildman–Crippen MR) is 85.8 cm³/mol. The topological polar surface area (TPSA) is 76.1 Å². The Bertz CT molecular complexity index is 549. The van der Waals surface area contributed by atoms with Crippen molar-refractivity contribution in [3.8, 4) is 5.75 Å². The predicted octanol–water partition coefficient (Wildman–Crippen LogP) is 2.46. The number of carbonyl (C=O) groups is 2. The Hall–Kier alpha value is -2.08. The Morgan fingerprint density at radius 3 is 2.35 bits per heavy atom. The van der Waals surface area contributed by atoms with E-state index in [2.05, 4.69) is 0 Å². The number of carbonyl (C=O) groups excluding carboxylic acids is 1. The minimum absolute atomic E-state index is 0.0314. The van der Waals surface area contributed by atoms with Crippen molar-refractivity contribution in [2.24, 2.45) is 0 Å². The van der Waals surface area contributed by atoms with Gasteiger partial charge in [-0.15, -0.1) is 0 Å². The van der Waals surface area contributed by atoms with E-state index in [0.29, 0.717) is 12.4 Å². The van der Waals surface area contributed by atoms with Gasteiger partial charge in [-0.2, -0.15) is 0 Å². The monoisotopic (exact) mass is 321 g/mol. The molecular weight excluding hydrogens is 298 g/mol. The van der Waals surface area contributed by atoms with Crippen molar-refractivity contribution in [2.75, 3.05) is 25.2 Å². The van der Waals surface area contributed by atoms with Crippen LogP contribution in [0.1, 0.15) is 32.6 Å². The maximum Gasteiger partial charge on any atom is 0.341 e. The van der Waals surface area contributed by atoms with E-state index in [-0.39, 0.29) is 12.5 Å². The van der Waals surface area contributed by atoms with Gasteiger partial charge in [-0.1, -0.05) is 0 Å². The van der Waals surface area contributed by atoms with E-state index >= 15 is 0 Å². The van der Waals surface area contributed by atoms with E-state index in [1.54, 1.807) is 36.2 Å². The Kier molecular flexibility index (Phi) is 5.60. The SMILES string of the molecule is CCOC1(C(=O)N(C)c2ccc(OCC(=O)O)cc2)CCCC1. The number of nitrogens with zero attached hydrogens (tertiary/aromatic N) is 1. The number of benzene rings is 1. The maximum atomic E-state index is 12.8. The molecule has 23 heavy (non-hydrogen) atoms. The van der Waals surface area contributed by atoms with Gasteiger partial charge in [0.1, 0.15) is 11.4 Å². The first-order valence-electron chi connectivity index (χ1n) is 7.85. The van der Waals surface area contributed by atoms with Gasteiger partial charge >= 0.3 is 5.97 Å². The summed E-state index contributed by atoms with van der Waals surface area (Å²) in [6.07, 6.45) is 3.51. The molecule has 6 nitrogen and oxygen atoms in total. The fourth-order valence-corrected chi connectivity index (χ4v) is 2.98. The summed E-state index contributed by atoms with van der Waals surface area (Å²) in [6.45, 7) is 2.03. The highest BCUT2D eigenvalue weighted by molar-refractivity contribution is 5.99. The minimum atomic E-state index is -1.03. The maximum absolute atomic E-state index is 12.8. The van der Waals surface area contributed by atoms with Crippen molar-refractivity contribution in [3.05, 3.63) is 24.3 Å². The third-order valence-corrected chi connectivity index (χ3v) is 4.11. The molecule has 1 N–H and O–H groups in total. The number of rotatable bonds is 7. The van der Waals surface area contributed by atoms with E-state index in [1.165, 1.54) is 0 Å². The molecule has 1 aromatic carbocycles. The molecule has 0 aliphatic heterocycles. The molecule has 2 rings (SSSR count). The van der Waals surface area contributed by atoms with Crippen molar-refractivity contribution in [1.82, 2.24) is 0 Å². The molecule has 6 heteroatoms. The van der Waals surface area contributed by atoms with Gasteiger partial charge < -0.3 is 19.5 Å². The average molecular weight is 321 g/mol. The number of anilines is 1. The lowest BCUT2D eigenvalue weighted by atomic mass is 10.00. The Balaban J connectivity index is 2.08. The van der Waals surface area contributed by atoms with Crippen LogP contribution in [0.5, 0.6) is 5.75 Å². The standard InChI is InChI=1S/C17H23NO5/c1-3-23-17(10-4-5-11-17)16(21)18(2)13-6-8-14(9-7-13)22-12-15(19)20/h6-9H,3-5,10-12H2,1-2H3,(H,19,20). The minimum Gasteiger partial charge on any atom is -0.482 e. The van der Waals surface area contributed by atoms with Crippen molar-refractivity contribution in [1.29, 1.82) is 0 Å². The first-order valence-corrected chi connectivity index (χ1v) is 7.85. The molecule has 1 amide bonds. The molecule has 1 saturated carbocycles. The number of aliphatic carboxylic acids is 1. The first kappa shape index (κ1) is 17.3. The number of ether oxygens (including phenoxy) is 2.